The third kappa shape index (κ3) is 4.30. The first-order valence-electron chi connectivity index (χ1n) is 7.05. The summed E-state index contributed by atoms with van der Waals surface area (Å²) in [7, 11) is 1.72. The fourth-order valence-electron chi connectivity index (χ4n) is 1.86. The second-order valence-electron chi connectivity index (χ2n) is 5.00. The molecule has 0 aliphatic heterocycles. The Labute approximate surface area is 161 Å². The molecule has 0 saturated heterocycles. The highest BCUT2D eigenvalue weighted by Gasteiger charge is 2.19. The lowest BCUT2D eigenvalue weighted by atomic mass is 10.2. The molecule has 11 heteroatoms. The molecular formula is C14H12Cl2N6OS2. The number of aromatic nitrogens is 5. The molecule has 1 atom stereocenters. The Hall–Kier alpha value is -1.68. The van der Waals surface area contributed by atoms with Crippen molar-refractivity contribution in [1.29, 1.82) is 0 Å². The van der Waals surface area contributed by atoms with Gasteiger partial charge in [-0.3, -0.25) is 4.79 Å². The van der Waals surface area contributed by atoms with Crippen molar-refractivity contribution in [2.45, 2.75) is 17.3 Å². The smallest absolute Gasteiger partial charge is 0.239 e. The van der Waals surface area contributed by atoms with Gasteiger partial charge >= 0.3 is 0 Å². The molecule has 0 fully saturated rings. The van der Waals surface area contributed by atoms with E-state index in [9.17, 15) is 4.79 Å². The summed E-state index contributed by atoms with van der Waals surface area (Å²) < 4.78 is 1.51. The van der Waals surface area contributed by atoms with Crippen LogP contribution in [0.4, 0.5) is 5.13 Å². The number of anilines is 1. The molecule has 0 aliphatic carbocycles. The van der Waals surface area contributed by atoms with Crippen LogP contribution in [0.5, 0.6) is 0 Å². The molecule has 1 amide bonds. The van der Waals surface area contributed by atoms with E-state index in [0.717, 1.165) is 11.3 Å². The van der Waals surface area contributed by atoms with Gasteiger partial charge in [0.05, 0.1) is 21.0 Å². The van der Waals surface area contributed by atoms with Crippen molar-refractivity contribution >= 4 is 57.3 Å². The summed E-state index contributed by atoms with van der Waals surface area (Å²) in [5.74, 6) is -0.178. The van der Waals surface area contributed by atoms with Crippen LogP contribution >= 0.6 is 46.3 Å². The number of halogens is 2. The molecule has 7 nitrogen and oxygen atoms in total. The Morgan fingerprint density at radius 1 is 1.36 bits per heavy atom. The van der Waals surface area contributed by atoms with Crippen LogP contribution in [0.15, 0.2) is 28.7 Å². The maximum atomic E-state index is 12.3. The van der Waals surface area contributed by atoms with E-state index in [0.29, 0.717) is 20.3 Å². The molecule has 1 N–H and O–H groups in total. The molecule has 3 rings (SSSR count). The topological polar surface area (TPSA) is 85.6 Å². The van der Waals surface area contributed by atoms with Crippen LogP contribution in [0, 0.1) is 0 Å². The van der Waals surface area contributed by atoms with Crippen molar-refractivity contribution in [2.75, 3.05) is 5.32 Å². The Morgan fingerprint density at radius 2 is 2.16 bits per heavy atom. The summed E-state index contributed by atoms with van der Waals surface area (Å²) in [6, 6.07) is 5.28. The molecule has 25 heavy (non-hydrogen) atoms. The molecule has 0 saturated carbocycles. The average Bonchev–Trinajstić information content (AvgIpc) is 3.20. The lowest BCUT2D eigenvalue weighted by molar-refractivity contribution is -0.115. The first kappa shape index (κ1) is 18.1. The van der Waals surface area contributed by atoms with Gasteiger partial charge in [-0.05, 0) is 29.5 Å². The van der Waals surface area contributed by atoms with Gasteiger partial charge in [0.2, 0.25) is 11.1 Å². The van der Waals surface area contributed by atoms with E-state index in [1.165, 1.54) is 27.8 Å². The first-order valence-corrected chi connectivity index (χ1v) is 9.56. The van der Waals surface area contributed by atoms with E-state index in [-0.39, 0.29) is 11.2 Å². The van der Waals surface area contributed by atoms with E-state index < -0.39 is 0 Å². The fraction of sp³-hybridized carbons (Fsp3) is 0.214. The van der Waals surface area contributed by atoms with Crippen LogP contribution < -0.4 is 5.32 Å². The van der Waals surface area contributed by atoms with E-state index in [4.69, 9.17) is 23.2 Å². The van der Waals surface area contributed by atoms with E-state index in [1.807, 2.05) is 11.4 Å². The molecule has 0 aliphatic rings. The molecule has 3 aromatic rings. The summed E-state index contributed by atoms with van der Waals surface area (Å²) in [4.78, 5) is 16.7. The van der Waals surface area contributed by atoms with Gasteiger partial charge in [0.1, 0.15) is 0 Å². The zero-order chi connectivity index (χ0) is 18.0. The van der Waals surface area contributed by atoms with Gasteiger partial charge in [0.15, 0.2) is 5.13 Å². The Bertz CT molecular complexity index is 912. The Morgan fingerprint density at radius 3 is 2.84 bits per heavy atom. The number of nitrogens with zero attached hydrogens (tertiary/aromatic N) is 5. The van der Waals surface area contributed by atoms with Crippen molar-refractivity contribution in [3.8, 4) is 11.3 Å². The lowest BCUT2D eigenvalue weighted by Gasteiger charge is -2.08. The van der Waals surface area contributed by atoms with Crippen LogP contribution in [0.2, 0.25) is 10.0 Å². The van der Waals surface area contributed by atoms with Gasteiger partial charge in [0.25, 0.3) is 0 Å². The maximum absolute atomic E-state index is 12.3. The van der Waals surface area contributed by atoms with Gasteiger partial charge in [-0.15, -0.1) is 16.4 Å². The monoisotopic (exact) mass is 414 g/mol. The Balaban J connectivity index is 1.67. The molecule has 1 aromatic carbocycles. The number of benzene rings is 1. The normalized spacial score (nSPS) is 12.2. The molecular weight excluding hydrogens is 403 g/mol. The van der Waals surface area contributed by atoms with E-state index in [1.54, 1.807) is 26.1 Å². The van der Waals surface area contributed by atoms with Crippen LogP contribution in [0.25, 0.3) is 11.3 Å². The second-order valence-corrected chi connectivity index (χ2v) is 7.98. The van der Waals surface area contributed by atoms with Gasteiger partial charge in [-0.2, -0.15) is 0 Å². The van der Waals surface area contributed by atoms with Crippen LogP contribution in [-0.2, 0) is 11.8 Å². The number of hydrogen-bond donors (Lipinski definition) is 1. The fourth-order valence-corrected chi connectivity index (χ4v) is 3.63. The van der Waals surface area contributed by atoms with Crippen LogP contribution in [-0.4, -0.2) is 36.3 Å². The number of rotatable bonds is 5. The number of thioether (sulfide) groups is 1. The predicted molar refractivity (Wildman–Crippen MR) is 100 cm³/mol. The number of thiazole rings is 1. The van der Waals surface area contributed by atoms with Gasteiger partial charge < -0.3 is 5.32 Å². The lowest BCUT2D eigenvalue weighted by Crippen LogP contribution is -2.22. The zero-order valence-corrected chi connectivity index (χ0v) is 16.2. The number of hydrogen-bond acceptors (Lipinski definition) is 7. The van der Waals surface area contributed by atoms with Crippen molar-refractivity contribution < 1.29 is 4.79 Å². The molecule has 0 bridgehead atoms. The third-order valence-corrected chi connectivity index (χ3v) is 5.80. The third-order valence-electron chi connectivity index (χ3n) is 3.18. The zero-order valence-electron chi connectivity index (χ0n) is 13.1. The number of amides is 1. The number of carbonyl (C=O) groups is 1. The minimum atomic E-state index is -0.373. The van der Waals surface area contributed by atoms with Crippen molar-refractivity contribution in [3.63, 3.8) is 0 Å². The molecule has 0 unspecified atom stereocenters. The SMILES string of the molecule is C[C@H](Sc1nnnn1C)C(=O)Nc1nc(-c2ccc(Cl)c(Cl)c2)cs1. The summed E-state index contributed by atoms with van der Waals surface area (Å²) in [5, 5.41) is 17.4. The quantitative estimate of drug-likeness (QED) is 0.639. The molecule has 2 heterocycles. The molecule has 2 aromatic heterocycles. The van der Waals surface area contributed by atoms with Crippen LogP contribution in [0.3, 0.4) is 0 Å². The number of nitrogens with one attached hydrogen (secondary N) is 1. The summed E-state index contributed by atoms with van der Waals surface area (Å²) >= 11 is 14.6. The molecule has 130 valence electrons. The highest BCUT2D eigenvalue weighted by atomic mass is 35.5. The average molecular weight is 415 g/mol. The first-order chi connectivity index (χ1) is 11.9. The van der Waals surface area contributed by atoms with E-state index >= 15 is 0 Å². The number of tetrazole rings is 1. The minimum Gasteiger partial charge on any atom is -0.301 e. The molecule has 0 radical (unpaired) electrons. The van der Waals surface area contributed by atoms with Gasteiger partial charge in [-0.25, -0.2) is 9.67 Å². The summed E-state index contributed by atoms with van der Waals surface area (Å²) in [6.45, 7) is 1.78. The van der Waals surface area contributed by atoms with Crippen molar-refractivity contribution in [3.05, 3.63) is 33.6 Å². The maximum Gasteiger partial charge on any atom is 0.239 e. The van der Waals surface area contributed by atoms with Crippen LogP contribution in [0.1, 0.15) is 6.92 Å². The van der Waals surface area contributed by atoms with Gasteiger partial charge in [-0.1, -0.05) is 41.0 Å². The summed E-state index contributed by atoms with van der Waals surface area (Å²) in [6.07, 6.45) is 0. The molecule has 0 spiro atoms. The van der Waals surface area contributed by atoms with Gasteiger partial charge in [0, 0.05) is 18.0 Å². The number of carbonyl (C=O) groups excluding carboxylic acids is 1. The highest BCUT2D eigenvalue weighted by molar-refractivity contribution is 8.00. The van der Waals surface area contributed by atoms with E-state index in [2.05, 4.69) is 25.8 Å². The Kier molecular flexibility index (Phi) is 5.57. The second kappa shape index (κ2) is 7.69. The van der Waals surface area contributed by atoms with Crippen molar-refractivity contribution in [1.82, 2.24) is 25.2 Å². The highest BCUT2D eigenvalue weighted by Crippen LogP contribution is 2.31. The summed E-state index contributed by atoms with van der Waals surface area (Å²) in [5.41, 5.74) is 1.55. The standard InChI is InChI=1S/C14H12Cl2N6OS2/c1-7(25-14-19-20-21-22(14)2)12(23)18-13-17-11(6-24-13)8-3-4-9(15)10(16)5-8/h3-7H,1-2H3,(H,17,18,23)/t7-/m0/s1. The number of aryl methyl sites for hydroxylation is 1. The predicted octanol–water partition coefficient (Wildman–Crippen LogP) is 3.76. The minimum absolute atomic E-state index is 0.178. The van der Waals surface area contributed by atoms with Crippen molar-refractivity contribution in [2.24, 2.45) is 7.05 Å². The largest absolute Gasteiger partial charge is 0.301 e.